The van der Waals surface area contributed by atoms with E-state index in [9.17, 15) is 4.39 Å². The van der Waals surface area contributed by atoms with E-state index in [0.717, 1.165) is 16.9 Å². The molecule has 0 saturated heterocycles. The zero-order chi connectivity index (χ0) is 10.8. The summed E-state index contributed by atoms with van der Waals surface area (Å²) in [6, 6.07) is 4.62. The van der Waals surface area contributed by atoms with Crippen molar-refractivity contribution in [1.29, 1.82) is 0 Å². The zero-order valence-electron chi connectivity index (χ0n) is 8.11. The van der Waals surface area contributed by atoms with E-state index in [4.69, 9.17) is 0 Å². The van der Waals surface area contributed by atoms with Crippen LogP contribution in [0.3, 0.4) is 0 Å². The SMILES string of the molecule is Cc1ccc(F)cc1-n1nncc1CBr. The quantitative estimate of drug-likeness (QED) is 0.785. The fourth-order valence-corrected chi connectivity index (χ4v) is 1.74. The van der Waals surface area contributed by atoms with Gasteiger partial charge >= 0.3 is 0 Å². The number of aryl methyl sites for hydroxylation is 1. The second-order valence-electron chi connectivity index (χ2n) is 3.20. The van der Waals surface area contributed by atoms with Gasteiger partial charge in [-0.05, 0) is 24.6 Å². The van der Waals surface area contributed by atoms with E-state index < -0.39 is 0 Å². The number of nitrogens with zero attached hydrogens (tertiary/aromatic N) is 3. The molecule has 15 heavy (non-hydrogen) atoms. The van der Waals surface area contributed by atoms with Gasteiger partial charge in [-0.15, -0.1) is 5.10 Å². The van der Waals surface area contributed by atoms with Gasteiger partial charge in [-0.1, -0.05) is 27.2 Å². The van der Waals surface area contributed by atoms with Crippen molar-refractivity contribution >= 4 is 15.9 Å². The van der Waals surface area contributed by atoms with E-state index in [-0.39, 0.29) is 5.82 Å². The molecule has 3 nitrogen and oxygen atoms in total. The van der Waals surface area contributed by atoms with Crippen molar-refractivity contribution in [1.82, 2.24) is 15.0 Å². The summed E-state index contributed by atoms with van der Waals surface area (Å²) >= 11 is 3.33. The van der Waals surface area contributed by atoms with E-state index >= 15 is 0 Å². The molecule has 0 atom stereocenters. The third kappa shape index (κ3) is 1.92. The summed E-state index contributed by atoms with van der Waals surface area (Å²) in [4.78, 5) is 0. The molecule has 0 amide bonds. The van der Waals surface area contributed by atoms with Gasteiger partial charge in [0.2, 0.25) is 0 Å². The Hall–Kier alpha value is -1.23. The van der Waals surface area contributed by atoms with Gasteiger partial charge in [-0.3, -0.25) is 0 Å². The largest absolute Gasteiger partial charge is 0.216 e. The van der Waals surface area contributed by atoms with E-state index in [1.165, 1.54) is 12.1 Å². The minimum Gasteiger partial charge on any atom is -0.216 e. The van der Waals surface area contributed by atoms with Crippen LogP contribution in [0.1, 0.15) is 11.3 Å². The summed E-state index contributed by atoms with van der Waals surface area (Å²) in [6.45, 7) is 1.91. The molecule has 0 spiro atoms. The van der Waals surface area contributed by atoms with Gasteiger partial charge in [0.05, 0.1) is 17.6 Å². The molecule has 78 valence electrons. The number of rotatable bonds is 2. The molecule has 5 heteroatoms. The minimum absolute atomic E-state index is 0.272. The second kappa shape index (κ2) is 4.10. The van der Waals surface area contributed by atoms with Crippen LogP contribution in [0, 0.1) is 12.7 Å². The first-order chi connectivity index (χ1) is 7.22. The van der Waals surface area contributed by atoms with E-state index in [0.29, 0.717) is 5.33 Å². The molecular formula is C10H9BrFN3. The van der Waals surface area contributed by atoms with Gasteiger partial charge in [0.15, 0.2) is 0 Å². The fourth-order valence-electron chi connectivity index (χ4n) is 1.36. The van der Waals surface area contributed by atoms with Crippen LogP contribution in [0.4, 0.5) is 4.39 Å². The van der Waals surface area contributed by atoms with Gasteiger partial charge in [0, 0.05) is 5.33 Å². The molecule has 0 bridgehead atoms. The Morgan fingerprint density at radius 2 is 2.27 bits per heavy atom. The topological polar surface area (TPSA) is 30.7 Å². The van der Waals surface area contributed by atoms with E-state index in [2.05, 4.69) is 26.2 Å². The Bertz CT molecular complexity index is 481. The van der Waals surface area contributed by atoms with Crippen LogP contribution in [-0.2, 0) is 5.33 Å². The summed E-state index contributed by atoms with van der Waals surface area (Å²) in [5.41, 5.74) is 2.58. The molecule has 2 aromatic rings. The monoisotopic (exact) mass is 269 g/mol. The lowest BCUT2D eigenvalue weighted by Crippen LogP contribution is -2.03. The molecule has 0 fully saturated rings. The molecular weight excluding hydrogens is 261 g/mol. The van der Waals surface area contributed by atoms with E-state index in [1.807, 2.05) is 6.92 Å². The highest BCUT2D eigenvalue weighted by molar-refractivity contribution is 9.08. The van der Waals surface area contributed by atoms with Crippen molar-refractivity contribution in [3.05, 3.63) is 41.5 Å². The van der Waals surface area contributed by atoms with Gasteiger partial charge in [0.25, 0.3) is 0 Å². The zero-order valence-corrected chi connectivity index (χ0v) is 9.70. The van der Waals surface area contributed by atoms with Crippen molar-refractivity contribution in [2.75, 3.05) is 0 Å². The van der Waals surface area contributed by atoms with Crippen LogP contribution in [-0.4, -0.2) is 15.0 Å². The maximum absolute atomic E-state index is 13.1. The van der Waals surface area contributed by atoms with Crippen LogP contribution in [0.5, 0.6) is 0 Å². The maximum atomic E-state index is 13.1. The lowest BCUT2D eigenvalue weighted by atomic mass is 10.2. The maximum Gasteiger partial charge on any atom is 0.125 e. The molecule has 0 aliphatic rings. The van der Waals surface area contributed by atoms with E-state index in [1.54, 1.807) is 16.9 Å². The first-order valence-electron chi connectivity index (χ1n) is 4.44. The number of halogens is 2. The predicted molar refractivity (Wildman–Crippen MR) is 58.7 cm³/mol. The molecule has 0 aliphatic carbocycles. The summed E-state index contributed by atoms with van der Waals surface area (Å²) < 4.78 is 14.7. The summed E-state index contributed by atoms with van der Waals surface area (Å²) in [5.74, 6) is -0.272. The van der Waals surface area contributed by atoms with Gasteiger partial charge < -0.3 is 0 Å². The minimum atomic E-state index is -0.272. The number of hydrogen-bond acceptors (Lipinski definition) is 2. The molecule has 0 aliphatic heterocycles. The van der Waals surface area contributed by atoms with Crippen molar-refractivity contribution in [3.8, 4) is 5.69 Å². The molecule has 1 aromatic heterocycles. The molecule has 0 unspecified atom stereocenters. The molecule has 0 radical (unpaired) electrons. The van der Waals surface area contributed by atoms with Gasteiger partial charge in [0.1, 0.15) is 5.82 Å². The Balaban J connectivity index is 2.58. The van der Waals surface area contributed by atoms with Gasteiger partial charge in [-0.2, -0.15) is 0 Å². The number of aromatic nitrogens is 3. The molecule has 0 saturated carbocycles. The number of hydrogen-bond donors (Lipinski definition) is 0. The highest BCUT2D eigenvalue weighted by Crippen LogP contribution is 2.17. The van der Waals surface area contributed by atoms with Crippen LogP contribution < -0.4 is 0 Å². The average Bonchev–Trinajstić information content (AvgIpc) is 2.69. The van der Waals surface area contributed by atoms with Crippen LogP contribution in [0.2, 0.25) is 0 Å². The highest BCUT2D eigenvalue weighted by Gasteiger charge is 2.08. The van der Waals surface area contributed by atoms with Gasteiger partial charge in [-0.25, -0.2) is 9.07 Å². The Morgan fingerprint density at radius 3 is 3.00 bits per heavy atom. The third-order valence-electron chi connectivity index (χ3n) is 2.16. The van der Waals surface area contributed by atoms with Crippen molar-refractivity contribution in [3.63, 3.8) is 0 Å². The van der Waals surface area contributed by atoms with Crippen molar-refractivity contribution < 1.29 is 4.39 Å². The summed E-state index contributed by atoms with van der Waals surface area (Å²) in [5, 5.41) is 8.36. The van der Waals surface area contributed by atoms with Crippen LogP contribution in [0.25, 0.3) is 5.69 Å². The summed E-state index contributed by atoms with van der Waals surface area (Å²) in [6.07, 6.45) is 1.65. The summed E-state index contributed by atoms with van der Waals surface area (Å²) in [7, 11) is 0. The normalized spacial score (nSPS) is 10.6. The predicted octanol–water partition coefficient (Wildman–Crippen LogP) is 2.61. The fraction of sp³-hybridized carbons (Fsp3) is 0.200. The smallest absolute Gasteiger partial charge is 0.125 e. The third-order valence-corrected chi connectivity index (χ3v) is 2.73. The Labute approximate surface area is 95.0 Å². The Morgan fingerprint density at radius 1 is 1.47 bits per heavy atom. The lowest BCUT2D eigenvalue weighted by Gasteiger charge is -2.07. The number of alkyl halides is 1. The lowest BCUT2D eigenvalue weighted by molar-refractivity contribution is 0.623. The Kier molecular flexibility index (Phi) is 2.81. The molecule has 1 aromatic carbocycles. The number of benzene rings is 1. The highest BCUT2D eigenvalue weighted by atomic mass is 79.9. The second-order valence-corrected chi connectivity index (χ2v) is 3.76. The first-order valence-corrected chi connectivity index (χ1v) is 5.56. The first kappa shape index (κ1) is 10.3. The van der Waals surface area contributed by atoms with Crippen molar-refractivity contribution in [2.45, 2.75) is 12.3 Å². The molecule has 0 N–H and O–H groups in total. The van der Waals surface area contributed by atoms with Crippen molar-refractivity contribution in [2.24, 2.45) is 0 Å². The molecule has 2 rings (SSSR count). The average molecular weight is 270 g/mol. The van der Waals surface area contributed by atoms with Crippen LogP contribution in [0.15, 0.2) is 24.4 Å². The van der Waals surface area contributed by atoms with Crippen LogP contribution >= 0.6 is 15.9 Å². The standard InChI is InChI=1S/C10H9BrFN3/c1-7-2-3-8(12)4-10(7)15-9(5-11)6-13-14-15/h2-4,6H,5H2,1H3. The molecule has 1 heterocycles.